The van der Waals surface area contributed by atoms with Gasteiger partial charge in [0.25, 0.3) is 0 Å². The molecule has 0 aliphatic carbocycles. The average molecular weight is 379 g/mol. The summed E-state index contributed by atoms with van der Waals surface area (Å²) in [5.74, 6) is 3.19. The van der Waals surface area contributed by atoms with E-state index in [4.69, 9.17) is 14.5 Å². The Hall–Kier alpha value is -3.02. The lowest BCUT2D eigenvalue weighted by molar-refractivity contribution is -0.132. The van der Waals surface area contributed by atoms with Crippen molar-refractivity contribution in [1.82, 2.24) is 9.80 Å². The molecule has 4 rings (SSSR count). The standard InChI is InChI=1S/C22H25N3O3/c1-14-5-8-19-21(11-14)28-20-12-17(27-4)6-7-18(20)22(23-19)24-9-10-25(16(3)26)15(2)13-24/h5-8,11-12,15H,9-10,13H2,1-4H3. The maximum atomic E-state index is 11.9. The normalized spacial score (nSPS) is 18.4. The summed E-state index contributed by atoms with van der Waals surface area (Å²) in [5.41, 5.74) is 2.85. The van der Waals surface area contributed by atoms with E-state index in [9.17, 15) is 4.79 Å². The van der Waals surface area contributed by atoms with Crippen LogP contribution in [0.4, 0.5) is 5.69 Å². The van der Waals surface area contributed by atoms with Gasteiger partial charge in [0.1, 0.15) is 23.0 Å². The molecule has 6 heteroatoms. The van der Waals surface area contributed by atoms with Gasteiger partial charge in [-0.05, 0) is 43.7 Å². The lowest BCUT2D eigenvalue weighted by atomic mass is 10.1. The zero-order chi connectivity index (χ0) is 19.8. The molecule has 2 heterocycles. The smallest absolute Gasteiger partial charge is 0.219 e. The number of benzene rings is 2. The SMILES string of the molecule is COc1ccc2c(c1)Oc1cc(C)ccc1N=C2N1CCN(C(C)=O)C(C)C1. The number of amidine groups is 1. The molecule has 1 amide bonds. The first-order valence-electron chi connectivity index (χ1n) is 9.54. The lowest BCUT2D eigenvalue weighted by Gasteiger charge is -2.40. The van der Waals surface area contributed by atoms with Crippen LogP contribution in [0.1, 0.15) is 25.0 Å². The van der Waals surface area contributed by atoms with Crippen LogP contribution in [0.5, 0.6) is 17.2 Å². The number of aliphatic imine (C=N–C) groups is 1. The minimum atomic E-state index is 0.115. The van der Waals surface area contributed by atoms with Crippen LogP contribution in [0.15, 0.2) is 41.4 Å². The second-order valence-electron chi connectivity index (χ2n) is 7.38. The van der Waals surface area contributed by atoms with Crippen LogP contribution < -0.4 is 9.47 Å². The Morgan fingerprint density at radius 2 is 2.00 bits per heavy atom. The zero-order valence-corrected chi connectivity index (χ0v) is 16.7. The Bertz CT molecular complexity index is 954. The van der Waals surface area contributed by atoms with E-state index in [-0.39, 0.29) is 11.9 Å². The number of carbonyl (C=O) groups excluding carboxylic acids is 1. The fourth-order valence-electron chi connectivity index (χ4n) is 3.85. The van der Waals surface area contributed by atoms with Gasteiger partial charge in [-0.25, -0.2) is 4.99 Å². The molecule has 0 bridgehead atoms. The highest BCUT2D eigenvalue weighted by Crippen LogP contribution is 2.40. The Balaban J connectivity index is 1.78. The van der Waals surface area contributed by atoms with Crippen molar-refractivity contribution in [1.29, 1.82) is 0 Å². The van der Waals surface area contributed by atoms with Gasteiger partial charge in [0.15, 0.2) is 5.75 Å². The third-order valence-electron chi connectivity index (χ3n) is 5.32. The molecule has 6 nitrogen and oxygen atoms in total. The number of nitrogens with zero attached hydrogens (tertiary/aromatic N) is 3. The second kappa shape index (κ2) is 7.19. The molecule has 146 valence electrons. The maximum absolute atomic E-state index is 11.9. The van der Waals surface area contributed by atoms with E-state index >= 15 is 0 Å². The van der Waals surface area contributed by atoms with Gasteiger partial charge in [0.05, 0.1) is 12.7 Å². The highest BCUT2D eigenvalue weighted by molar-refractivity contribution is 6.04. The number of rotatable bonds is 1. The molecule has 0 spiro atoms. The van der Waals surface area contributed by atoms with E-state index in [0.29, 0.717) is 6.54 Å². The zero-order valence-electron chi connectivity index (χ0n) is 16.7. The fourth-order valence-corrected chi connectivity index (χ4v) is 3.85. The molecule has 2 aromatic carbocycles. The summed E-state index contributed by atoms with van der Waals surface area (Å²) in [5, 5.41) is 0. The Morgan fingerprint density at radius 3 is 2.71 bits per heavy atom. The summed E-state index contributed by atoms with van der Waals surface area (Å²) in [6, 6.07) is 12.0. The highest BCUT2D eigenvalue weighted by Gasteiger charge is 2.30. The van der Waals surface area contributed by atoms with Crippen molar-refractivity contribution in [3.8, 4) is 17.2 Å². The first kappa shape index (κ1) is 18.3. The number of ether oxygens (including phenoxy) is 2. The Labute approximate surface area is 165 Å². The van der Waals surface area contributed by atoms with Crippen LogP contribution in [-0.2, 0) is 4.79 Å². The third kappa shape index (κ3) is 3.30. The fraction of sp³-hybridized carbons (Fsp3) is 0.364. The quantitative estimate of drug-likeness (QED) is 0.757. The number of hydrogen-bond donors (Lipinski definition) is 0. The highest BCUT2D eigenvalue weighted by atomic mass is 16.5. The van der Waals surface area contributed by atoms with Crippen molar-refractivity contribution < 1.29 is 14.3 Å². The number of methoxy groups -OCH3 is 1. The second-order valence-corrected chi connectivity index (χ2v) is 7.38. The van der Waals surface area contributed by atoms with Crippen LogP contribution in [0.2, 0.25) is 0 Å². The molecule has 1 atom stereocenters. The van der Waals surface area contributed by atoms with Crippen LogP contribution in [0.25, 0.3) is 0 Å². The monoisotopic (exact) mass is 379 g/mol. The Morgan fingerprint density at radius 1 is 1.18 bits per heavy atom. The molecule has 1 fully saturated rings. The molecule has 2 aliphatic rings. The number of aryl methyl sites for hydroxylation is 1. The van der Waals surface area contributed by atoms with Gasteiger partial charge in [-0.2, -0.15) is 0 Å². The summed E-state index contributed by atoms with van der Waals surface area (Å²) in [7, 11) is 1.65. The number of hydrogen-bond acceptors (Lipinski definition) is 5. The number of carbonyl (C=O) groups is 1. The first-order chi connectivity index (χ1) is 13.5. The third-order valence-corrected chi connectivity index (χ3v) is 5.32. The van der Waals surface area contributed by atoms with Gasteiger partial charge in [0.2, 0.25) is 5.91 Å². The van der Waals surface area contributed by atoms with E-state index in [1.54, 1.807) is 14.0 Å². The van der Waals surface area contributed by atoms with Crippen molar-refractivity contribution >= 4 is 17.4 Å². The van der Waals surface area contributed by atoms with Crippen molar-refractivity contribution in [2.75, 3.05) is 26.7 Å². The van der Waals surface area contributed by atoms with Gasteiger partial charge in [0, 0.05) is 38.7 Å². The molecular weight excluding hydrogens is 354 g/mol. The summed E-state index contributed by atoms with van der Waals surface area (Å²) >= 11 is 0. The lowest BCUT2D eigenvalue weighted by Crippen LogP contribution is -2.55. The van der Waals surface area contributed by atoms with Crippen molar-refractivity contribution in [2.45, 2.75) is 26.8 Å². The van der Waals surface area contributed by atoms with Crippen molar-refractivity contribution in [3.63, 3.8) is 0 Å². The van der Waals surface area contributed by atoms with E-state index in [2.05, 4.69) is 11.8 Å². The van der Waals surface area contributed by atoms with E-state index in [1.807, 2.05) is 48.2 Å². The number of amides is 1. The maximum Gasteiger partial charge on any atom is 0.219 e. The topological polar surface area (TPSA) is 54.4 Å². The molecule has 0 radical (unpaired) electrons. The largest absolute Gasteiger partial charge is 0.497 e. The molecule has 1 unspecified atom stereocenters. The summed E-state index contributed by atoms with van der Waals surface area (Å²) < 4.78 is 11.6. The summed E-state index contributed by atoms with van der Waals surface area (Å²) in [4.78, 5) is 21.0. The van der Waals surface area contributed by atoms with Gasteiger partial charge >= 0.3 is 0 Å². The predicted octanol–water partition coefficient (Wildman–Crippen LogP) is 3.74. The van der Waals surface area contributed by atoms with E-state index < -0.39 is 0 Å². The van der Waals surface area contributed by atoms with Gasteiger partial charge in [-0.3, -0.25) is 4.79 Å². The molecule has 1 saturated heterocycles. The molecule has 2 aromatic rings. The molecule has 0 N–H and O–H groups in total. The summed E-state index contributed by atoms with van der Waals surface area (Å²) in [6.07, 6.45) is 0. The van der Waals surface area contributed by atoms with Gasteiger partial charge < -0.3 is 19.3 Å². The van der Waals surface area contributed by atoms with Crippen LogP contribution in [0.3, 0.4) is 0 Å². The van der Waals surface area contributed by atoms with Gasteiger partial charge in [-0.1, -0.05) is 6.07 Å². The van der Waals surface area contributed by atoms with Crippen LogP contribution >= 0.6 is 0 Å². The van der Waals surface area contributed by atoms with Gasteiger partial charge in [-0.15, -0.1) is 0 Å². The molecular formula is C22H25N3O3. The molecule has 0 aromatic heterocycles. The number of fused-ring (bicyclic) bond motifs is 2. The van der Waals surface area contributed by atoms with Crippen molar-refractivity contribution in [2.24, 2.45) is 4.99 Å². The minimum absolute atomic E-state index is 0.115. The Kier molecular flexibility index (Phi) is 4.71. The predicted molar refractivity (Wildman–Crippen MR) is 109 cm³/mol. The van der Waals surface area contributed by atoms with Crippen LogP contribution in [-0.4, -0.2) is 54.3 Å². The van der Waals surface area contributed by atoms with Crippen LogP contribution in [0, 0.1) is 6.92 Å². The number of piperazine rings is 1. The molecule has 28 heavy (non-hydrogen) atoms. The van der Waals surface area contributed by atoms with E-state index in [0.717, 1.165) is 53.0 Å². The molecule has 0 saturated carbocycles. The average Bonchev–Trinajstić information content (AvgIpc) is 2.83. The molecule has 2 aliphatic heterocycles. The summed E-state index contributed by atoms with van der Waals surface area (Å²) in [6.45, 7) is 7.88. The van der Waals surface area contributed by atoms with Crippen molar-refractivity contribution in [3.05, 3.63) is 47.5 Å². The first-order valence-corrected chi connectivity index (χ1v) is 9.54. The minimum Gasteiger partial charge on any atom is -0.497 e. The van der Waals surface area contributed by atoms with E-state index in [1.165, 1.54) is 0 Å².